The summed E-state index contributed by atoms with van der Waals surface area (Å²) in [6.07, 6.45) is 18.0. The van der Waals surface area contributed by atoms with E-state index in [1.165, 1.54) is 79.8 Å². The first-order valence-corrected chi connectivity index (χ1v) is 38.7. The van der Waals surface area contributed by atoms with Crippen LogP contribution in [0, 0.1) is 30.2 Å². The number of nitrogens with zero attached hydrogens (tertiary/aromatic N) is 13. The molecule has 0 bridgehead atoms. The van der Waals surface area contributed by atoms with E-state index in [9.17, 15) is 34.4 Å². The Morgan fingerprint density at radius 3 is 1.23 bits per heavy atom. The quantitative estimate of drug-likeness (QED) is 0.0442. The zero-order chi connectivity index (χ0) is 75.4. The minimum atomic E-state index is -4.58. The number of pyridine rings is 1. The van der Waals surface area contributed by atoms with Crippen LogP contribution >= 0.6 is 23.2 Å². The first-order valence-electron chi connectivity index (χ1n) is 33.5. The van der Waals surface area contributed by atoms with Crippen LogP contribution < -0.4 is 31.4 Å². The van der Waals surface area contributed by atoms with Gasteiger partial charge in [0.2, 0.25) is 0 Å². The number of carboxylic acid groups (broad SMARTS) is 1. The number of hydrogen-bond acceptors (Lipinski definition) is 20. The molecule has 36 heteroatoms. The van der Waals surface area contributed by atoms with Crippen molar-refractivity contribution >= 4 is 138 Å². The number of aromatic carboxylic acids is 1. The summed E-state index contributed by atoms with van der Waals surface area (Å²) in [5, 5.41) is 25.2. The second-order valence-electron chi connectivity index (χ2n) is 25.7. The van der Waals surface area contributed by atoms with E-state index in [-0.39, 0.29) is 56.7 Å². The minimum absolute atomic E-state index is 0.0188. The van der Waals surface area contributed by atoms with Gasteiger partial charge in [-0.3, -0.25) is 19.2 Å². The molecule has 0 unspecified atom stereocenters. The number of nitrogens with two attached hydrogens (primary N) is 3. The predicted molar refractivity (Wildman–Crippen MR) is 397 cm³/mol. The van der Waals surface area contributed by atoms with Gasteiger partial charge in [-0.1, -0.05) is 104 Å². The molecule has 3 aliphatic rings. The third kappa shape index (κ3) is 14.3. The van der Waals surface area contributed by atoms with Crippen molar-refractivity contribution in [3.8, 4) is 33.8 Å². The number of nitrogen functional groups attached to an aromatic ring is 3. The highest BCUT2D eigenvalue weighted by Crippen LogP contribution is 2.42. The van der Waals surface area contributed by atoms with Gasteiger partial charge in [-0.15, -0.1) is 0 Å². The molecule has 7 aromatic heterocycles. The molecule has 3 aliphatic carbocycles. The molecule has 0 spiro atoms. The molecule has 0 radical (unpaired) electrons. The van der Waals surface area contributed by atoms with Crippen LogP contribution in [0.2, 0.25) is 10.0 Å². The molecule has 0 amide bonds. The van der Waals surface area contributed by atoms with Crippen molar-refractivity contribution in [2.24, 2.45) is 0 Å². The predicted octanol–water partition coefficient (Wildman–Crippen LogP) is 14.4. The zero-order valence-corrected chi connectivity index (χ0v) is 60.3. The number of anilines is 6. The van der Waals surface area contributed by atoms with E-state index in [0.717, 1.165) is 83.1 Å². The lowest BCUT2D eigenvalue weighted by Crippen LogP contribution is -2.16. The lowest BCUT2D eigenvalue weighted by atomic mass is 10.1. The van der Waals surface area contributed by atoms with Crippen LogP contribution in [0.5, 0.6) is 0 Å². The number of carboxylic acids is 1. The topological polar surface area (TPSA) is 398 Å². The van der Waals surface area contributed by atoms with E-state index < -0.39 is 80.5 Å². The van der Waals surface area contributed by atoms with Crippen LogP contribution in [0.15, 0.2) is 155 Å². The average Bonchev–Trinajstić information content (AvgIpc) is 1.66. The molecule has 7 heterocycles. The van der Waals surface area contributed by atoms with Crippen LogP contribution in [0.25, 0.3) is 77.8 Å². The van der Waals surface area contributed by atoms with Gasteiger partial charge in [0.1, 0.15) is 86.6 Å². The summed E-state index contributed by atoms with van der Waals surface area (Å²) in [7, 11) is -12.7. The normalized spacial score (nSPS) is 14.5. The van der Waals surface area contributed by atoms with E-state index in [2.05, 4.69) is 49.4 Å². The molecular formula is C71H63Cl2F4N19O8S3. The van der Waals surface area contributed by atoms with E-state index in [4.69, 9.17) is 55.7 Å². The molecule has 0 saturated heterocycles. The molecule has 3 fully saturated rings. The summed E-state index contributed by atoms with van der Waals surface area (Å²) in [6.45, 7) is 1.59. The molecule has 3 saturated carbocycles. The summed E-state index contributed by atoms with van der Waals surface area (Å²) in [6, 6.07) is 26.6. The molecule has 107 heavy (non-hydrogen) atoms. The summed E-state index contributed by atoms with van der Waals surface area (Å²) in [5.74, 6) is -4.65. The number of sulfonamides is 3. The summed E-state index contributed by atoms with van der Waals surface area (Å²) in [5.41, 5.74) is 21.6. The van der Waals surface area contributed by atoms with Crippen molar-refractivity contribution in [2.75, 3.05) is 31.4 Å². The number of halogens is 6. The number of rotatable bonds is 16. The van der Waals surface area contributed by atoms with Crippen molar-refractivity contribution in [2.45, 2.75) is 117 Å². The number of fused-ring (bicyclic) bond motifs is 4. The number of carbonyl (C=O) groups is 1. The van der Waals surface area contributed by atoms with Crippen LogP contribution in [-0.2, 0) is 30.1 Å². The second-order valence-corrected chi connectivity index (χ2v) is 31.5. The van der Waals surface area contributed by atoms with Crippen LogP contribution in [0.4, 0.5) is 52.1 Å². The first-order chi connectivity index (χ1) is 51.2. The van der Waals surface area contributed by atoms with Crippen molar-refractivity contribution in [1.29, 1.82) is 0 Å². The fourth-order valence-electron chi connectivity index (χ4n) is 13.7. The van der Waals surface area contributed by atoms with Gasteiger partial charge in [0.05, 0.1) is 72.3 Å². The van der Waals surface area contributed by atoms with Gasteiger partial charge in [0.15, 0.2) is 16.9 Å². The third-order valence-electron chi connectivity index (χ3n) is 19.0. The molecule has 0 aliphatic heterocycles. The van der Waals surface area contributed by atoms with Crippen LogP contribution in [-0.4, -0.2) is 101 Å². The maximum absolute atomic E-state index is 15.3. The highest BCUT2D eigenvalue weighted by atomic mass is 35.5. The van der Waals surface area contributed by atoms with Crippen molar-refractivity contribution in [1.82, 2.24) is 64.2 Å². The molecule has 10 N–H and O–H groups in total. The maximum atomic E-state index is 15.3. The molecule has 27 nitrogen and oxygen atoms in total. The third-order valence-corrected chi connectivity index (χ3v) is 24.1. The Hall–Kier alpha value is -11.2. The SMILES string of the molecule is Cc1c(Cl)cccc1S(=O)(=O)Nc1ccc(-c2nn(C3CCCC3)c3ncnc(N)c23)cc1F.Nc1ncnc2c1c(-c1ccc(NS(=O)(=O)c3cc(C(=O)O)c(F)cc3Cl)c(F)c1)nn2C1CCCC1.Nc1ncnc2c1c(-c1ccc(NS(=O)(=O)c3cccc4cccnc34)c(F)c1)nn2C1CCCC1. The standard InChI is InChI=1S/C25H22FN7O2S.C23H19ClF2N6O4S.C23H22ClFN6O2S/c26-18-13-16(23-21-24(27)29-14-30-25(21)33(31-23)17-7-1-2-8-17)10-11-19(18)32-36(34,35)20-9-3-5-15-6-4-12-28-22(15)20;24-14-9-15(25)13(23(33)34)8-18(14)37(35,36)31-17-6-5-11(7-16(17)26)20-19-21(27)28-10-29-22(19)32(30-20)12-3-1-2-4-12;1-13-16(24)7-4-8-19(13)34(32,33)30-18-10-9-14(11-17(18)25)21-20-22(26)27-12-28-23(20)31(29-21)15-5-2-3-6-15/h3-6,9-14,17,32H,1-2,7-8H2,(H2,27,29,30);5-10,12,31H,1-4H2,(H,33,34)(H2,27,28,29);4,7-12,15,30H,2-3,5-6H2,1H3,(H2,26,27,28). The van der Waals surface area contributed by atoms with Crippen molar-refractivity contribution in [3.05, 3.63) is 185 Å². The van der Waals surface area contributed by atoms with Crippen molar-refractivity contribution in [3.63, 3.8) is 0 Å². The fraction of sp³-hybridized carbons (Fsp3) is 0.225. The molecule has 16 rings (SSSR count). The monoisotopic (exact) mass is 1550 g/mol. The largest absolute Gasteiger partial charge is 0.478 e. The van der Waals surface area contributed by atoms with Gasteiger partial charge < -0.3 is 22.3 Å². The Balaban J connectivity index is 0.000000135. The van der Waals surface area contributed by atoms with E-state index in [1.807, 2.05) is 14.1 Å². The zero-order valence-electron chi connectivity index (χ0n) is 56.3. The molecule has 550 valence electrons. The molecule has 6 aromatic carbocycles. The van der Waals surface area contributed by atoms with Gasteiger partial charge in [-0.2, -0.15) is 15.3 Å². The van der Waals surface area contributed by atoms with Crippen LogP contribution in [0.1, 0.15) is 111 Å². The Kier molecular flexibility index (Phi) is 19.9. The highest BCUT2D eigenvalue weighted by molar-refractivity contribution is 7.93. The van der Waals surface area contributed by atoms with E-state index in [0.29, 0.717) is 100 Å². The highest BCUT2D eigenvalue weighted by Gasteiger charge is 2.32. The van der Waals surface area contributed by atoms with Gasteiger partial charge in [0.25, 0.3) is 30.1 Å². The number of nitrogens with one attached hydrogen (secondary N) is 3. The number of hydrogen-bond donors (Lipinski definition) is 7. The summed E-state index contributed by atoms with van der Waals surface area (Å²) < 4.78 is 149. The van der Waals surface area contributed by atoms with Gasteiger partial charge in [0, 0.05) is 33.3 Å². The van der Waals surface area contributed by atoms with Gasteiger partial charge in [-0.25, -0.2) is 91.6 Å². The molecule has 0 atom stereocenters. The maximum Gasteiger partial charge on any atom is 0.338 e. The second kappa shape index (κ2) is 29.3. The Morgan fingerprint density at radius 1 is 0.458 bits per heavy atom. The van der Waals surface area contributed by atoms with Gasteiger partial charge >= 0.3 is 5.97 Å². The van der Waals surface area contributed by atoms with Crippen molar-refractivity contribution < 1.29 is 52.7 Å². The van der Waals surface area contributed by atoms with Crippen LogP contribution in [0.3, 0.4) is 0 Å². The summed E-state index contributed by atoms with van der Waals surface area (Å²) in [4.78, 5) is 40.0. The Labute approximate surface area is 617 Å². The number of aromatic nitrogens is 13. The van der Waals surface area contributed by atoms with E-state index in [1.54, 1.807) is 54.1 Å². The van der Waals surface area contributed by atoms with Gasteiger partial charge in [-0.05, 0) is 124 Å². The first kappa shape index (κ1) is 72.7. The van der Waals surface area contributed by atoms with E-state index >= 15 is 13.2 Å². The Bertz CT molecular complexity index is 6070. The molecular weight excluding hydrogens is 1490 g/mol. The number of para-hydroxylation sites is 1. The molecule has 13 aromatic rings. The fourth-order valence-corrected chi connectivity index (χ4v) is 18.1. The lowest BCUT2D eigenvalue weighted by molar-refractivity contribution is 0.0691. The minimum Gasteiger partial charge on any atom is -0.478 e. The Morgan fingerprint density at radius 2 is 0.832 bits per heavy atom. The summed E-state index contributed by atoms with van der Waals surface area (Å²) >= 11 is 11.9. The lowest BCUT2D eigenvalue weighted by Gasteiger charge is -2.12. The smallest absolute Gasteiger partial charge is 0.338 e. The number of benzene rings is 6. The average molecular weight is 1550 g/mol.